The fraction of sp³-hybridized carbons (Fsp3) is 0.533. The van der Waals surface area contributed by atoms with E-state index in [9.17, 15) is 4.79 Å². The third-order valence-electron chi connectivity index (χ3n) is 4.56. The molecule has 2 atom stereocenters. The normalized spacial score (nSPS) is 26.2. The maximum absolute atomic E-state index is 11.4. The summed E-state index contributed by atoms with van der Waals surface area (Å²) in [5, 5.41) is 2.91. The average molecular weight is 259 g/mol. The maximum Gasteiger partial charge on any atom is 0.228 e. The lowest BCUT2D eigenvalue weighted by Crippen LogP contribution is -2.42. The van der Waals surface area contributed by atoms with Crippen LogP contribution in [0.1, 0.15) is 32.3 Å². The van der Waals surface area contributed by atoms with Gasteiger partial charge in [-0.3, -0.25) is 4.79 Å². The SMILES string of the molecule is CC1CCCN(c2cc3c(cc2N)CC(=O)N3)C1C. The van der Waals surface area contributed by atoms with Gasteiger partial charge < -0.3 is 16.0 Å². The second-order valence-electron chi connectivity index (χ2n) is 5.85. The van der Waals surface area contributed by atoms with Crippen molar-refractivity contribution < 1.29 is 4.79 Å². The molecular weight excluding hydrogens is 238 g/mol. The summed E-state index contributed by atoms with van der Waals surface area (Å²) >= 11 is 0. The average Bonchev–Trinajstić information content (AvgIpc) is 2.71. The predicted octanol–water partition coefficient (Wildman–Crippen LogP) is 2.39. The third-order valence-corrected chi connectivity index (χ3v) is 4.56. The van der Waals surface area contributed by atoms with E-state index in [-0.39, 0.29) is 5.91 Å². The molecule has 0 saturated carbocycles. The van der Waals surface area contributed by atoms with E-state index in [0.717, 1.165) is 29.2 Å². The topological polar surface area (TPSA) is 58.4 Å². The second kappa shape index (κ2) is 4.44. The van der Waals surface area contributed by atoms with Crippen LogP contribution in [0.5, 0.6) is 0 Å². The highest BCUT2D eigenvalue weighted by Gasteiger charge is 2.28. The number of amides is 1. The van der Waals surface area contributed by atoms with Crippen LogP contribution >= 0.6 is 0 Å². The van der Waals surface area contributed by atoms with Crippen molar-refractivity contribution in [2.75, 3.05) is 22.5 Å². The van der Waals surface area contributed by atoms with E-state index in [2.05, 4.69) is 24.1 Å². The Balaban J connectivity index is 1.97. The van der Waals surface area contributed by atoms with Crippen molar-refractivity contribution in [1.29, 1.82) is 0 Å². The van der Waals surface area contributed by atoms with Crippen molar-refractivity contribution in [3.63, 3.8) is 0 Å². The van der Waals surface area contributed by atoms with Gasteiger partial charge in [0.25, 0.3) is 0 Å². The number of carbonyl (C=O) groups excluding carboxylic acids is 1. The Bertz CT molecular complexity index is 526. The van der Waals surface area contributed by atoms with Gasteiger partial charge in [-0.15, -0.1) is 0 Å². The molecule has 1 aromatic rings. The summed E-state index contributed by atoms with van der Waals surface area (Å²) in [7, 11) is 0. The smallest absolute Gasteiger partial charge is 0.228 e. The number of nitrogens with one attached hydrogen (secondary N) is 1. The molecule has 4 nitrogen and oxygen atoms in total. The van der Waals surface area contributed by atoms with E-state index in [0.29, 0.717) is 18.4 Å². The number of rotatable bonds is 1. The second-order valence-corrected chi connectivity index (χ2v) is 5.85. The molecule has 3 rings (SSSR count). The van der Waals surface area contributed by atoms with Gasteiger partial charge in [0.2, 0.25) is 5.91 Å². The molecule has 1 amide bonds. The fourth-order valence-corrected chi connectivity index (χ4v) is 3.21. The standard InChI is InChI=1S/C15H21N3O/c1-9-4-3-5-18(10(9)2)14-8-13-11(6-12(14)16)7-15(19)17-13/h6,8-10H,3-5,7,16H2,1-2H3,(H,17,19). The van der Waals surface area contributed by atoms with E-state index >= 15 is 0 Å². The van der Waals surface area contributed by atoms with Gasteiger partial charge in [-0.25, -0.2) is 0 Å². The summed E-state index contributed by atoms with van der Waals surface area (Å²) in [5.41, 5.74) is 10.0. The number of nitrogens with zero attached hydrogens (tertiary/aromatic N) is 1. The minimum atomic E-state index is 0.0617. The summed E-state index contributed by atoms with van der Waals surface area (Å²) in [6.45, 7) is 5.60. The number of carbonyl (C=O) groups is 1. The minimum Gasteiger partial charge on any atom is -0.397 e. The van der Waals surface area contributed by atoms with Crippen molar-refractivity contribution in [1.82, 2.24) is 0 Å². The van der Waals surface area contributed by atoms with Gasteiger partial charge in [-0.2, -0.15) is 0 Å². The molecule has 0 spiro atoms. The molecule has 2 unspecified atom stereocenters. The lowest BCUT2D eigenvalue weighted by atomic mass is 9.91. The van der Waals surface area contributed by atoms with Crippen LogP contribution in [0.3, 0.4) is 0 Å². The zero-order valence-corrected chi connectivity index (χ0v) is 11.6. The first kappa shape index (κ1) is 12.3. The highest BCUT2D eigenvalue weighted by Crippen LogP contribution is 2.37. The van der Waals surface area contributed by atoms with Crippen LogP contribution in [0.2, 0.25) is 0 Å². The molecule has 3 N–H and O–H groups in total. The Kier molecular flexibility index (Phi) is 2.88. The van der Waals surface area contributed by atoms with Crippen LogP contribution < -0.4 is 16.0 Å². The number of hydrogen-bond donors (Lipinski definition) is 2. The summed E-state index contributed by atoms with van der Waals surface area (Å²) in [5.74, 6) is 0.739. The summed E-state index contributed by atoms with van der Waals surface area (Å²) in [6.07, 6.45) is 2.93. The molecule has 2 heterocycles. The van der Waals surface area contributed by atoms with E-state index in [1.807, 2.05) is 12.1 Å². The van der Waals surface area contributed by atoms with Crippen LogP contribution in [0.25, 0.3) is 0 Å². The molecule has 0 bridgehead atoms. The molecule has 19 heavy (non-hydrogen) atoms. The zero-order chi connectivity index (χ0) is 13.6. The fourth-order valence-electron chi connectivity index (χ4n) is 3.21. The number of anilines is 3. The lowest BCUT2D eigenvalue weighted by Gasteiger charge is -2.40. The number of benzene rings is 1. The van der Waals surface area contributed by atoms with Gasteiger partial charge in [0.05, 0.1) is 17.8 Å². The Labute approximate surface area is 114 Å². The number of nitrogen functional groups attached to an aromatic ring is 1. The number of hydrogen-bond acceptors (Lipinski definition) is 3. The molecular formula is C15H21N3O. The molecule has 0 radical (unpaired) electrons. The van der Waals surface area contributed by atoms with Gasteiger partial charge in [0.15, 0.2) is 0 Å². The predicted molar refractivity (Wildman–Crippen MR) is 78.4 cm³/mol. The van der Waals surface area contributed by atoms with Gasteiger partial charge in [-0.1, -0.05) is 6.92 Å². The summed E-state index contributed by atoms with van der Waals surface area (Å²) < 4.78 is 0. The highest BCUT2D eigenvalue weighted by atomic mass is 16.1. The van der Waals surface area contributed by atoms with E-state index < -0.39 is 0 Å². The van der Waals surface area contributed by atoms with Crippen molar-refractivity contribution in [3.8, 4) is 0 Å². The Morgan fingerprint density at radius 1 is 1.37 bits per heavy atom. The van der Waals surface area contributed by atoms with Gasteiger partial charge >= 0.3 is 0 Å². The Morgan fingerprint density at radius 3 is 2.95 bits per heavy atom. The van der Waals surface area contributed by atoms with Crippen LogP contribution in [0, 0.1) is 5.92 Å². The van der Waals surface area contributed by atoms with E-state index in [1.165, 1.54) is 12.8 Å². The first-order valence-corrected chi connectivity index (χ1v) is 7.05. The quantitative estimate of drug-likeness (QED) is 0.761. The molecule has 2 aliphatic heterocycles. The van der Waals surface area contributed by atoms with Crippen LogP contribution in [-0.4, -0.2) is 18.5 Å². The maximum atomic E-state index is 11.4. The number of fused-ring (bicyclic) bond motifs is 1. The van der Waals surface area contributed by atoms with E-state index in [4.69, 9.17) is 5.73 Å². The third kappa shape index (κ3) is 2.05. The molecule has 1 aromatic carbocycles. The minimum absolute atomic E-state index is 0.0617. The summed E-state index contributed by atoms with van der Waals surface area (Å²) in [4.78, 5) is 13.8. The molecule has 1 fully saturated rings. The van der Waals surface area contributed by atoms with Gasteiger partial charge in [0, 0.05) is 18.3 Å². The number of nitrogens with two attached hydrogens (primary N) is 1. The lowest BCUT2D eigenvalue weighted by molar-refractivity contribution is -0.115. The summed E-state index contributed by atoms with van der Waals surface area (Å²) in [6, 6.07) is 4.49. The molecule has 2 aliphatic rings. The van der Waals surface area contributed by atoms with Crippen molar-refractivity contribution in [2.24, 2.45) is 5.92 Å². The zero-order valence-electron chi connectivity index (χ0n) is 11.6. The van der Waals surface area contributed by atoms with Crippen molar-refractivity contribution in [3.05, 3.63) is 17.7 Å². The van der Waals surface area contributed by atoms with Crippen LogP contribution in [0.15, 0.2) is 12.1 Å². The van der Waals surface area contributed by atoms with Crippen molar-refractivity contribution >= 4 is 23.0 Å². The van der Waals surface area contributed by atoms with Crippen LogP contribution in [0.4, 0.5) is 17.1 Å². The first-order valence-electron chi connectivity index (χ1n) is 7.05. The monoisotopic (exact) mass is 259 g/mol. The number of piperidine rings is 1. The molecule has 1 saturated heterocycles. The molecule has 4 heteroatoms. The van der Waals surface area contributed by atoms with Crippen LogP contribution in [-0.2, 0) is 11.2 Å². The highest BCUT2D eigenvalue weighted by molar-refractivity contribution is 6.01. The van der Waals surface area contributed by atoms with Gasteiger partial charge in [-0.05, 0) is 43.4 Å². The molecule has 102 valence electrons. The first-order chi connectivity index (χ1) is 9.06. The Hall–Kier alpha value is -1.71. The van der Waals surface area contributed by atoms with E-state index in [1.54, 1.807) is 0 Å². The Morgan fingerprint density at radius 2 is 2.16 bits per heavy atom. The molecule has 0 aromatic heterocycles. The van der Waals surface area contributed by atoms with Gasteiger partial charge in [0.1, 0.15) is 0 Å². The van der Waals surface area contributed by atoms with Crippen molar-refractivity contribution in [2.45, 2.75) is 39.2 Å². The molecule has 0 aliphatic carbocycles. The largest absolute Gasteiger partial charge is 0.397 e.